The number of hydrazine groups is 1. The van der Waals surface area contributed by atoms with E-state index in [4.69, 9.17) is 0 Å². The minimum absolute atomic E-state index is 0.120. The maximum atomic E-state index is 12.0. The third-order valence-electron chi connectivity index (χ3n) is 3.19. The summed E-state index contributed by atoms with van der Waals surface area (Å²) in [6.07, 6.45) is 3.44. The van der Waals surface area contributed by atoms with Crippen molar-refractivity contribution in [3.8, 4) is 0 Å². The van der Waals surface area contributed by atoms with Gasteiger partial charge in [-0.1, -0.05) is 17.7 Å². The molecule has 0 bridgehead atoms. The van der Waals surface area contributed by atoms with Crippen LogP contribution < -0.4 is 10.4 Å². The van der Waals surface area contributed by atoms with Crippen LogP contribution in [0, 0.1) is 13.8 Å². The molecule has 2 aromatic rings. The van der Waals surface area contributed by atoms with Crippen molar-refractivity contribution in [3.05, 3.63) is 57.8 Å². The lowest BCUT2D eigenvalue weighted by atomic mass is 10.2. The fourth-order valence-corrected chi connectivity index (χ4v) is 2.75. The van der Waals surface area contributed by atoms with Gasteiger partial charge in [0.25, 0.3) is 5.91 Å². The van der Waals surface area contributed by atoms with Gasteiger partial charge in [-0.2, -0.15) is 0 Å². The van der Waals surface area contributed by atoms with Gasteiger partial charge in [-0.05, 0) is 56.0 Å². The molecule has 0 saturated heterocycles. The van der Waals surface area contributed by atoms with Crippen LogP contribution in [-0.4, -0.2) is 12.5 Å². The lowest BCUT2D eigenvalue weighted by Gasteiger charge is -2.23. The molecule has 0 spiro atoms. The Morgan fingerprint density at radius 3 is 2.52 bits per heavy atom. The van der Waals surface area contributed by atoms with Crippen LogP contribution in [0.15, 0.2) is 41.8 Å². The van der Waals surface area contributed by atoms with Crippen molar-refractivity contribution in [3.63, 3.8) is 0 Å². The highest BCUT2D eigenvalue weighted by Crippen LogP contribution is 2.17. The van der Waals surface area contributed by atoms with E-state index in [9.17, 15) is 4.79 Å². The van der Waals surface area contributed by atoms with Crippen molar-refractivity contribution in [1.82, 2.24) is 5.43 Å². The van der Waals surface area contributed by atoms with E-state index in [2.05, 4.69) is 5.43 Å². The van der Waals surface area contributed by atoms with Gasteiger partial charge in [0, 0.05) is 17.5 Å². The monoisotopic (exact) mass is 300 g/mol. The highest BCUT2D eigenvalue weighted by Gasteiger charge is 2.06. The van der Waals surface area contributed by atoms with E-state index in [1.54, 1.807) is 17.4 Å². The zero-order valence-corrected chi connectivity index (χ0v) is 13.4. The minimum Gasteiger partial charge on any atom is -0.286 e. The number of hydrogen-bond donors (Lipinski definition) is 1. The number of carbonyl (C=O) groups excluding carboxylic acids is 1. The zero-order chi connectivity index (χ0) is 15.2. The lowest BCUT2D eigenvalue weighted by molar-refractivity contribution is -0.116. The lowest BCUT2D eigenvalue weighted by Crippen LogP contribution is -2.41. The normalized spacial score (nSPS) is 10.8. The van der Waals surface area contributed by atoms with Gasteiger partial charge >= 0.3 is 0 Å². The second-order valence-electron chi connectivity index (χ2n) is 4.86. The van der Waals surface area contributed by atoms with E-state index in [0.717, 1.165) is 10.6 Å². The molecule has 0 fully saturated rings. The van der Waals surface area contributed by atoms with E-state index in [0.29, 0.717) is 6.54 Å². The fourth-order valence-electron chi connectivity index (χ4n) is 1.93. The molecule has 4 heteroatoms. The number of anilines is 1. The van der Waals surface area contributed by atoms with Gasteiger partial charge in [-0.15, -0.1) is 11.3 Å². The van der Waals surface area contributed by atoms with Crippen LogP contribution in [0.4, 0.5) is 5.69 Å². The molecular formula is C17H20N2OS. The fraction of sp³-hybridized carbons (Fsp3) is 0.235. The summed E-state index contributed by atoms with van der Waals surface area (Å²) in [6.45, 7) is 6.80. The Bertz CT molecular complexity index is 628. The number of hydrogen-bond acceptors (Lipinski definition) is 3. The van der Waals surface area contributed by atoms with Crippen LogP contribution >= 0.6 is 11.3 Å². The first-order valence-electron chi connectivity index (χ1n) is 6.97. The second-order valence-corrected chi connectivity index (χ2v) is 5.80. The predicted octanol–water partition coefficient (Wildman–Crippen LogP) is 3.94. The molecule has 0 saturated carbocycles. The smallest absolute Gasteiger partial charge is 0.262 e. The van der Waals surface area contributed by atoms with Crippen molar-refractivity contribution < 1.29 is 4.79 Å². The summed E-state index contributed by atoms with van der Waals surface area (Å²) in [4.78, 5) is 13.1. The number of aryl methyl sites for hydroxylation is 2. The highest BCUT2D eigenvalue weighted by atomic mass is 32.1. The molecule has 3 nitrogen and oxygen atoms in total. The Hall–Kier alpha value is -2.07. The number of nitrogens with one attached hydrogen (secondary N) is 1. The first-order valence-corrected chi connectivity index (χ1v) is 7.85. The van der Waals surface area contributed by atoms with Crippen LogP contribution in [0.2, 0.25) is 0 Å². The molecule has 110 valence electrons. The number of benzene rings is 1. The highest BCUT2D eigenvalue weighted by molar-refractivity contribution is 7.11. The van der Waals surface area contributed by atoms with Crippen LogP contribution in [-0.2, 0) is 4.79 Å². The third kappa shape index (κ3) is 4.20. The van der Waals surface area contributed by atoms with Crippen molar-refractivity contribution in [2.45, 2.75) is 20.8 Å². The van der Waals surface area contributed by atoms with E-state index in [1.807, 2.05) is 67.6 Å². The summed E-state index contributed by atoms with van der Waals surface area (Å²) in [5, 5.41) is 3.87. The molecule has 2 rings (SSSR count). The summed E-state index contributed by atoms with van der Waals surface area (Å²) in [5.41, 5.74) is 6.27. The zero-order valence-electron chi connectivity index (χ0n) is 12.6. The van der Waals surface area contributed by atoms with Crippen molar-refractivity contribution in [2.24, 2.45) is 0 Å². The largest absolute Gasteiger partial charge is 0.286 e. The molecule has 1 N–H and O–H groups in total. The van der Waals surface area contributed by atoms with Gasteiger partial charge in [0.15, 0.2) is 0 Å². The van der Waals surface area contributed by atoms with Crippen LogP contribution in [0.5, 0.6) is 0 Å². The van der Waals surface area contributed by atoms with Gasteiger partial charge in [0.1, 0.15) is 0 Å². The topological polar surface area (TPSA) is 32.3 Å². The first-order chi connectivity index (χ1) is 10.1. The molecule has 0 aliphatic heterocycles. The number of carbonyl (C=O) groups is 1. The number of rotatable bonds is 5. The molecule has 1 amide bonds. The average molecular weight is 300 g/mol. The van der Waals surface area contributed by atoms with Crippen molar-refractivity contribution in [2.75, 3.05) is 11.6 Å². The molecule has 1 aromatic heterocycles. The van der Waals surface area contributed by atoms with Gasteiger partial charge in [0.2, 0.25) is 0 Å². The van der Waals surface area contributed by atoms with Crippen LogP contribution in [0.25, 0.3) is 6.08 Å². The maximum Gasteiger partial charge on any atom is 0.262 e. The molecule has 21 heavy (non-hydrogen) atoms. The Balaban J connectivity index is 2.01. The number of thiophene rings is 1. The van der Waals surface area contributed by atoms with E-state index >= 15 is 0 Å². The van der Waals surface area contributed by atoms with Gasteiger partial charge < -0.3 is 0 Å². The number of amides is 1. The molecule has 0 aliphatic rings. The maximum absolute atomic E-state index is 12.0. The van der Waals surface area contributed by atoms with Gasteiger partial charge in [-0.25, -0.2) is 0 Å². The predicted molar refractivity (Wildman–Crippen MR) is 90.4 cm³/mol. The molecule has 0 unspecified atom stereocenters. The van der Waals surface area contributed by atoms with Gasteiger partial charge in [-0.3, -0.25) is 15.2 Å². The summed E-state index contributed by atoms with van der Waals surface area (Å²) in [5.74, 6) is -0.120. The Morgan fingerprint density at radius 1 is 1.24 bits per heavy atom. The minimum atomic E-state index is -0.120. The van der Waals surface area contributed by atoms with Gasteiger partial charge in [0.05, 0.1) is 5.69 Å². The quantitative estimate of drug-likeness (QED) is 0.670. The Kier molecular flexibility index (Phi) is 5.17. The number of nitrogens with zero attached hydrogens (tertiary/aromatic N) is 1. The second kappa shape index (κ2) is 7.09. The summed E-state index contributed by atoms with van der Waals surface area (Å²) in [7, 11) is 0. The summed E-state index contributed by atoms with van der Waals surface area (Å²) >= 11 is 1.63. The average Bonchev–Trinajstić information content (AvgIpc) is 2.89. The van der Waals surface area contributed by atoms with E-state index < -0.39 is 0 Å². The molecular weight excluding hydrogens is 280 g/mol. The SMILES string of the molecule is CCN(NC(=O)/C=C/c1sccc1C)c1ccc(C)cc1. The molecule has 1 heterocycles. The van der Waals surface area contributed by atoms with E-state index in [1.165, 1.54) is 11.1 Å². The van der Waals surface area contributed by atoms with E-state index in [-0.39, 0.29) is 5.91 Å². The molecule has 0 atom stereocenters. The molecule has 0 aliphatic carbocycles. The summed E-state index contributed by atoms with van der Waals surface area (Å²) < 4.78 is 0. The Labute approximate surface area is 129 Å². The third-order valence-corrected chi connectivity index (χ3v) is 4.18. The standard InChI is InChI=1S/C17H20N2OS/c1-4-19(15-7-5-13(2)6-8-15)18-17(20)10-9-16-14(3)11-12-21-16/h5-12H,4H2,1-3H3,(H,18,20)/b10-9+. The van der Waals surface area contributed by atoms with Crippen molar-refractivity contribution in [1.29, 1.82) is 0 Å². The molecule has 0 radical (unpaired) electrons. The summed E-state index contributed by atoms with van der Waals surface area (Å²) in [6, 6.07) is 10.1. The molecule has 1 aromatic carbocycles. The van der Waals surface area contributed by atoms with Crippen LogP contribution in [0.1, 0.15) is 22.9 Å². The first kappa shape index (κ1) is 15.3. The van der Waals surface area contributed by atoms with Crippen LogP contribution in [0.3, 0.4) is 0 Å². The Morgan fingerprint density at radius 2 is 1.95 bits per heavy atom. The van der Waals surface area contributed by atoms with Crippen molar-refractivity contribution >= 4 is 29.0 Å².